The molecule has 3 N–H and O–H groups in total. The number of rotatable bonds is 16. The number of ether oxygens (including phenoxy) is 2. The molecule has 2 unspecified atom stereocenters. The first-order valence-corrected chi connectivity index (χ1v) is 12.5. The van der Waals surface area contributed by atoms with Crippen LogP contribution in [0.25, 0.3) is 0 Å². The fraction of sp³-hybridized carbons (Fsp3) is 1.00. The molecular weight excluding hydrogens is 380 g/mol. The Labute approximate surface area is 185 Å². The highest BCUT2D eigenvalue weighted by Gasteiger charge is 2.38. The lowest BCUT2D eigenvalue weighted by Gasteiger charge is -2.35. The summed E-state index contributed by atoms with van der Waals surface area (Å²) in [5.74, 6) is 3.07. The normalized spacial score (nSPS) is 27.9. The van der Waals surface area contributed by atoms with Crippen LogP contribution in [0.15, 0.2) is 0 Å². The van der Waals surface area contributed by atoms with E-state index in [-0.39, 0.29) is 6.61 Å². The van der Waals surface area contributed by atoms with Crippen LogP contribution in [-0.2, 0) is 9.47 Å². The van der Waals surface area contributed by atoms with Crippen LogP contribution < -0.4 is 0 Å². The molecule has 0 saturated carbocycles. The molecule has 1 aliphatic rings. The Bertz CT molecular complexity index is 416. The molecule has 0 aromatic carbocycles. The van der Waals surface area contributed by atoms with E-state index in [1.54, 1.807) is 0 Å². The van der Waals surface area contributed by atoms with Gasteiger partial charge in [-0.1, -0.05) is 92.4 Å². The van der Waals surface area contributed by atoms with Gasteiger partial charge in [0.05, 0.1) is 13.2 Å². The Kier molecular flexibility index (Phi) is 14.5. The molecule has 30 heavy (non-hydrogen) atoms. The molecule has 1 aliphatic heterocycles. The fourth-order valence-corrected chi connectivity index (χ4v) is 4.25. The molecule has 7 atom stereocenters. The van der Waals surface area contributed by atoms with Gasteiger partial charge in [0.1, 0.15) is 18.3 Å². The van der Waals surface area contributed by atoms with E-state index in [0.717, 1.165) is 24.2 Å². The average Bonchev–Trinajstić information content (AvgIpc) is 2.67. The van der Waals surface area contributed by atoms with E-state index in [0.29, 0.717) is 12.5 Å². The molecule has 180 valence electrons. The molecule has 1 rings (SSSR count). The summed E-state index contributed by atoms with van der Waals surface area (Å²) in [5, 5.41) is 29.0. The first kappa shape index (κ1) is 27.8. The van der Waals surface area contributed by atoms with Crippen molar-refractivity contribution < 1.29 is 24.8 Å². The minimum atomic E-state index is -1.20. The lowest BCUT2D eigenvalue weighted by atomic mass is 9.91. The number of aliphatic hydroxyl groups excluding tert-OH is 3. The lowest BCUT2D eigenvalue weighted by molar-refractivity contribution is -0.270. The highest BCUT2D eigenvalue weighted by molar-refractivity contribution is 4.82. The molecule has 1 saturated heterocycles. The standard InChI is InChI=1S/C25H50O5/c1-18(2)9-6-10-19(3)11-7-12-20(4)13-8-14-21(5)15-16-29-25-24(28)23(27)22(26)17-30-25/h18-28H,6-17H2,1-5H3/t19-,20-,21?,22?,23-,24-,25+/m0/s1. The zero-order chi connectivity index (χ0) is 22.5. The zero-order valence-corrected chi connectivity index (χ0v) is 20.3. The molecule has 0 aromatic rings. The SMILES string of the molecule is CC(C)CCC[C@H](C)CCC[C@H](C)CCCC(C)CCO[C@@H]1OCC(O)[C@H](O)[C@@H]1O. The van der Waals surface area contributed by atoms with Crippen molar-refractivity contribution in [3.63, 3.8) is 0 Å². The summed E-state index contributed by atoms with van der Waals surface area (Å²) in [7, 11) is 0. The topological polar surface area (TPSA) is 79.2 Å². The van der Waals surface area contributed by atoms with Crippen molar-refractivity contribution in [2.45, 2.75) is 123 Å². The third-order valence-electron chi connectivity index (χ3n) is 6.61. The summed E-state index contributed by atoms with van der Waals surface area (Å²) >= 11 is 0. The molecule has 0 radical (unpaired) electrons. The molecule has 1 heterocycles. The Balaban J connectivity index is 2.02. The van der Waals surface area contributed by atoms with Gasteiger partial charge < -0.3 is 24.8 Å². The van der Waals surface area contributed by atoms with E-state index >= 15 is 0 Å². The van der Waals surface area contributed by atoms with Gasteiger partial charge in [-0.3, -0.25) is 0 Å². The summed E-state index contributed by atoms with van der Waals surface area (Å²) in [6, 6.07) is 0. The lowest BCUT2D eigenvalue weighted by Crippen LogP contribution is -2.53. The van der Waals surface area contributed by atoms with E-state index in [2.05, 4.69) is 34.6 Å². The molecular formula is C25H50O5. The van der Waals surface area contributed by atoms with Crippen molar-refractivity contribution in [2.75, 3.05) is 13.2 Å². The van der Waals surface area contributed by atoms with Gasteiger partial charge in [0.2, 0.25) is 0 Å². The van der Waals surface area contributed by atoms with Crippen LogP contribution in [0.3, 0.4) is 0 Å². The van der Waals surface area contributed by atoms with Gasteiger partial charge in [0.15, 0.2) is 6.29 Å². The maximum Gasteiger partial charge on any atom is 0.186 e. The van der Waals surface area contributed by atoms with Crippen LogP contribution in [0.5, 0.6) is 0 Å². The number of aliphatic hydroxyl groups is 3. The highest BCUT2D eigenvalue weighted by atomic mass is 16.7. The molecule has 0 aliphatic carbocycles. The summed E-state index contributed by atoms with van der Waals surface area (Å²) in [6.07, 6.45) is 8.56. The fourth-order valence-electron chi connectivity index (χ4n) is 4.25. The second-order valence-corrected chi connectivity index (χ2v) is 10.4. The quantitative estimate of drug-likeness (QED) is 0.324. The van der Waals surface area contributed by atoms with Gasteiger partial charge in [0.25, 0.3) is 0 Å². The predicted molar refractivity (Wildman–Crippen MR) is 122 cm³/mol. The maximum absolute atomic E-state index is 9.88. The molecule has 0 aromatic heterocycles. The van der Waals surface area contributed by atoms with Crippen molar-refractivity contribution in [3.05, 3.63) is 0 Å². The van der Waals surface area contributed by atoms with Crippen molar-refractivity contribution in [2.24, 2.45) is 23.7 Å². The van der Waals surface area contributed by atoms with Crippen LogP contribution in [0, 0.1) is 23.7 Å². The monoisotopic (exact) mass is 430 g/mol. The summed E-state index contributed by atoms with van der Waals surface area (Å²) in [6.45, 7) is 12.2. The molecule has 0 amide bonds. The van der Waals surface area contributed by atoms with Gasteiger partial charge >= 0.3 is 0 Å². The molecule has 0 spiro atoms. The van der Waals surface area contributed by atoms with Gasteiger partial charge in [0, 0.05) is 0 Å². The van der Waals surface area contributed by atoms with Crippen molar-refractivity contribution in [1.82, 2.24) is 0 Å². The molecule has 5 nitrogen and oxygen atoms in total. The van der Waals surface area contributed by atoms with E-state index < -0.39 is 24.6 Å². The summed E-state index contributed by atoms with van der Waals surface area (Å²) in [4.78, 5) is 0. The minimum absolute atomic E-state index is 0.00689. The van der Waals surface area contributed by atoms with Crippen molar-refractivity contribution in [1.29, 1.82) is 0 Å². The van der Waals surface area contributed by atoms with Crippen LogP contribution in [-0.4, -0.2) is 53.1 Å². The third kappa shape index (κ3) is 12.0. The average molecular weight is 431 g/mol. The predicted octanol–water partition coefficient (Wildman–Crippen LogP) is 4.91. The molecule has 5 heteroatoms. The maximum atomic E-state index is 9.88. The Morgan fingerprint density at radius 2 is 1.17 bits per heavy atom. The first-order chi connectivity index (χ1) is 14.2. The molecule has 1 fully saturated rings. The van der Waals surface area contributed by atoms with Crippen LogP contribution in [0.4, 0.5) is 0 Å². The third-order valence-corrected chi connectivity index (χ3v) is 6.61. The number of hydrogen-bond donors (Lipinski definition) is 3. The van der Waals surface area contributed by atoms with Crippen LogP contribution in [0.1, 0.15) is 98.8 Å². The van der Waals surface area contributed by atoms with Crippen molar-refractivity contribution >= 4 is 0 Å². The number of hydrogen-bond acceptors (Lipinski definition) is 5. The van der Waals surface area contributed by atoms with E-state index in [1.807, 2.05) is 0 Å². The minimum Gasteiger partial charge on any atom is -0.388 e. The van der Waals surface area contributed by atoms with E-state index in [9.17, 15) is 15.3 Å². The summed E-state index contributed by atoms with van der Waals surface area (Å²) in [5.41, 5.74) is 0. The van der Waals surface area contributed by atoms with Crippen LogP contribution in [0.2, 0.25) is 0 Å². The van der Waals surface area contributed by atoms with Crippen LogP contribution >= 0.6 is 0 Å². The van der Waals surface area contributed by atoms with E-state index in [1.165, 1.54) is 57.8 Å². The van der Waals surface area contributed by atoms with Crippen molar-refractivity contribution in [3.8, 4) is 0 Å². The molecule has 0 bridgehead atoms. The van der Waals surface area contributed by atoms with Gasteiger partial charge in [-0.2, -0.15) is 0 Å². The van der Waals surface area contributed by atoms with Gasteiger partial charge in [-0.15, -0.1) is 0 Å². The van der Waals surface area contributed by atoms with Gasteiger partial charge in [-0.05, 0) is 30.1 Å². The largest absolute Gasteiger partial charge is 0.388 e. The zero-order valence-electron chi connectivity index (χ0n) is 20.3. The van der Waals surface area contributed by atoms with Gasteiger partial charge in [-0.25, -0.2) is 0 Å². The first-order valence-electron chi connectivity index (χ1n) is 12.5. The second-order valence-electron chi connectivity index (χ2n) is 10.4. The Morgan fingerprint density at radius 1 is 0.700 bits per heavy atom. The van der Waals surface area contributed by atoms with E-state index in [4.69, 9.17) is 9.47 Å². The highest BCUT2D eigenvalue weighted by Crippen LogP contribution is 2.23. The Morgan fingerprint density at radius 3 is 1.67 bits per heavy atom. The second kappa shape index (κ2) is 15.6. The summed E-state index contributed by atoms with van der Waals surface area (Å²) < 4.78 is 10.9. The smallest absolute Gasteiger partial charge is 0.186 e. The Hall–Kier alpha value is -0.200.